The molecule has 26 heavy (non-hydrogen) atoms. The molecule has 0 atom stereocenters. The lowest BCUT2D eigenvalue weighted by atomic mass is 9.90. The van der Waals surface area contributed by atoms with Crippen LogP contribution in [-0.2, 0) is 13.0 Å². The van der Waals surface area contributed by atoms with E-state index in [1.807, 2.05) is 12.1 Å². The molecule has 132 valence electrons. The fourth-order valence-corrected chi connectivity index (χ4v) is 4.50. The van der Waals surface area contributed by atoms with Crippen LogP contribution < -0.4 is 10.6 Å². The molecule has 1 aliphatic heterocycles. The first-order valence-corrected chi connectivity index (χ1v) is 9.81. The van der Waals surface area contributed by atoms with Gasteiger partial charge in [-0.25, -0.2) is 4.98 Å². The van der Waals surface area contributed by atoms with Gasteiger partial charge in [0.2, 0.25) is 0 Å². The van der Waals surface area contributed by atoms with Crippen molar-refractivity contribution in [2.24, 2.45) is 0 Å². The second kappa shape index (κ2) is 7.40. The molecule has 0 radical (unpaired) electrons. The van der Waals surface area contributed by atoms with Crippen LogP contribution in [0.2, 0.25) is 0 Å². The molecule has 0 saturated carbocycles. The number of nitrogens with one attached hydrogen (secondary N) is 2. The van der Waals surface area contributed by atoms with E-state index in [-0.39, 0.29) is 5.91 Å². The van der Waals surface area contributed by atoms with Gasteiger partial charge in [-0.1, -0.05) is 18.2 Å². The molecule has 2 aliphatic rings. The molecule has 4 rings (SSSR count). The molecule has 2 N–H and O–H groups in total. The van der Waals surface area contributed by atoms with E-state index in [1.54, 1.807) is 6.07 Å². The molecule has 2 aromatic rings. The molecular formula is C20H20N4OS. The lowest BCUT2D eigenvalue weighted by molar-refractivity contribution is 0.102. The number of hydrogen-bond acceptors (Lipinski definition) is 5. The third-order valence-corrected chi connectivity index (χ3v) is 5.95. The minimum atomic E-state index is -0.240. The van der Waals surface area contributed by atoms with Crippen LogP contribution in [0.4, 0.5) is 5.69 Å². The van der Waals surface area contributed by atoms with Gasteiger partial charge < -0.3 is 10.6 Å². The number of carbonyl (C=O) groups is 1. The highest BCUT2D eigenvalue weighted by Gasteiger charge is 2.21. The average Bonchev–Trinajstić information content (AvgIpc) is 3.13. The summed E-state index contributed by atoms with van der Waals surface area (Å²) in [4.78, 5) is 18.3. The Morgan fingerprint density at radius 1 is 1.31 bits per heavy atom. The Morgan fingerprint density at radius 2 is 2.23 bits per heavy atom. The molecule has 0 fully saturated rings. The van der Waals surface area contributed by atoms with Gasteiger partial charge in [-0.3, -0.25) is 4.79 Å². The summed E-state index contributed by atoms with van der Waals surface area (Å²) in [5, 5.41) is 16.4. The van der Waals surface area contributed by atoms with Crippen molar-refractivity contribution in [1.29, 1.82) is 5.26 Å². The second-order valence-corrected chi connectivity index (χ2v) is 7.67. The van der Waals surface area contributed by atoms with Gasteiger partial charge >= 0.3 is 0 Å². The lowest BCUT2D eigenvalue weighted by Crippen LogP contribution is -2.22. The number of nitriles is 1. The van der Waals surface area contributed by atoms with Crippen LogP contribution >= 0.6 is 11.3 Å². The Hall–Kier alpha value is -2.49. The summed E-state index contributed by atoms with van der Waals surface area (Å²) < 4.78 is 0. The van der Waals surface area contributed by atoms with E-state index in [1.165, 1.54) is 23.3 Å². The predicted molar refractivity (Wildman–Crippen MR) is 103 cm³/mol. The summed E-state index contributed by atoms with van der Waals surface area (Å²) in [5.41, 5.74) is 4.26. The van der Waals surface area contributed by atoms with Gasteiger partial charge in [-0.2, -0.15) is 5.26 Å². The fourth-order valence-electron chi connectivity index (χ4n) is 3.53. The van der Waals surface area contributed by atoms with Gasteiger partial charge in [0.15, 0.2) is 5.01 Å². The van der Waals surface area contributed by atoms with Crippen molar-refractivity contribution in [1.82, 2.24) is 10.3 Å². The Balaban J connectivity index is 1.61. The molecule has 1 aromatic heterocycles. The molecule has 5 nitrogen and oxygen atoms in total. The van der Waals surface area contributed by atoms with Crippen molar-refractivity contribution in [2.75, 3.05) is 11.9 Å². The number of rotatable bonds is 3. The maximum atomic E-state index is 12.7. The number of anilines is 1. The van der Waals surface area contributed by atoms with E-state index in [2.05, 4.69) is 27.8 Å². The monoisotopic (exact) mass is 364 g/mol. The van der Waals surface area contributed by atoms with Crippen LogP contribution in [0.3, 0.4) is 0 Å². The average molecular weight is 364 g/mol. The fraction of sp³-hybridized carbons (Fsp3) is 0.350. The molecule has 1 aromatic carbocycles. The van der Waals surface area contributed by atoms with Crippen molar-refractivity contribution in [3.05, 3.63) is 51.0 Å². The summed E-state index contributed by atoms with van der Waals surface area (Å²) in [6, 6.07) is 7.95. The van der Waals surface area contributed by atoms with Crippen LogP contribution in [0, 0.1) is 11.3 Å². The Bertz CT molecular complexity index is 899. The van der Waals surface area contributed by atoms with Crippen molar-refractivity contribution in [3.63, 3.8) is 0 Å². The highest BCUT2D eigenvalue weighted by atomic mass is 32.1. The quantitative estimate of drug-likeness (QED) is 0.867. The van der Waals surface area contributed by atoms with Gasteiger partial charge in [-0.15, -0.1) is 11.3 Å². The molecule has 0 unspecified atom stereocenters. The number of benzene rings is 1. The standard InChI is InChI=1S/C20H20N4OS/c21-11-15-14(13-5-2-1-3-6-13)7-4-8-16(15)23-19(25)20-24-17-9-10-22-12-18(17)26-20/h4-5,7-8,22H,1-3,6,9-10,12H2,(H,23,25). The lowest BCUT2D eigenvalue weighted by Gasteiger charge is -2.16. The van der Waals surface area contributed by atoms with E-state index in [4.69, 9.17) is 0 Å². The number of hydrogen-bond donors (Lipinski definition) is 2. The zero-order valence-corrected chi connectivity index (χ0v) is 15.3. The summed E-state index contributed by atoms with van der Waals surface area (Å²) in [6.45, 7) is 1.67. The van der Waals surface area contributed by atoms with E-state index in [0.717, 1.165) is 54.9 Å². The SMILES string of the molecule is N#Cc1c(NC(=O)c2nc3c(s2)CNCC3)cccc1C1=CCCCC1. The van der Waals surface area contributed by atoms with Gasteiger partial charge in [0.25, 0.3) is 5.91 Å². The number of carbonyl (C=O) groups excluding carboxylic acids is 1. The molecule has 1 aliphatic carbocycles. The highest BCUT2D eigenvalue weighted by molar-refractivity contribution is 7.13. The predicted octanol–water partition coefficient (Wildman–Crippen LogP) is 3.87. The van der Waals surface area contributed by atoms with E-state index in [0.29, 0.717) is 16.3 Å². The number of nitrogens with zero attached hydrogens (tertiary/aromatic N) is 2. The summed E-state index contributed by atoms with van der Waals surface area (Å²) in [6.07, 6.45) is 7.45. The van der Waals surface area contributed by atoms with Crippen molar-refractivity contribution < 1.29 is 4.79 Å². The molecule has 0 bridgehead atoms. The van der Waals surface area contributed by atoms with Crippen molar-refractivity contribution in [3.8, 4) is 6.07 Å². The maximum absolute atomic E-state index is 12.7. The van der Waals surface area contributed by atoms with Crippen molar-refractivity contribution >= 4 is 28.5 Å². The minimum absolute atomic E-state index is 0.240. The van der Waals surface area contributed by atoms with E-state index < -0.39 is 0 Å². The number of thiazole rings is 1. The van der Waals surface area contributed by atoms with Gasteiger partial charge in [0.05, 0.1) is 16.9 Å². The van der Waals surface area contributed by atoms with E-state index in [9.17, 15) is 10.1 Å². The Morgan fingerprint density at radius 3 is 3.00 bits per heavy atom. The van der Waals surface area contributed by atoms with Gasteiger partial charge in [0.1, 0.15) is 6.07 Å². The van der Waals surface area contributed by atoms with Crippen LogP contribution in [-0.4, -0.2) is 17.4 Å². The number of allylic oxidation sites excluding steroid dienone is 2. The van der Waals surface area contributed by atoms with Crippen LogP contribution in [0.1, 0.15) is 57.2 Å². The third kappa shape index (κ3) is 3.28. The Labute approximate surface area is 156 Å². The minimum Gasteiger partial charge on any atom is -0.319 e. The van der Waals surface area contributed by atoms with Crippen molar-refractivity contribution in [2.45, 2.75) is 38.6 Å². The zero-order valence-electron chi connectivity index (χ0n) is 14.5. The normalized spacial score (nSPS) is 16.3. The van der Waals surface area contributed by atoms with Crippen LogP contribution in [0.25, 0.3) is 5.57 Å². The first-order chi connectivity index (χ1) is 12.8. The van der Waals surface area contributed by atoms with Crippen LogP contribution in [0.15, 0.2) is 24.3 Å². The Kier molecular flexibility index (Phi) is 4.83. The first kappa shape index (κ1) is 17.0. The highest BCUT2D eigenvalue weighted by Crippen LogP contribution is 2.32. The maximum Gasteiger partial charge on any atom is 0.284 e. The third-order valence-electron chi connectivity index (χ3n) is 4.86. The smallest absolute Gasteiger partial charge is 0.284 e. The summed E-state index contributed by atoms with van der Waals surface area (Å²) in [7, 11) is 0. The summed E-state index contributed by atoms with van der Waals surface area (Å²) >= 11 is 1.43. The second-order valence-electron chi connectivity index (χ2n) is 6.58. The largest absolute Gasteiger partial charge is 0.319 e. The van der Waals surface area contributed by atoms with Gasteiger partial charge in [-0.05, 0) is 42.9 Å². The molecule has 0 spiro atoms. The molecule has 0 saturated heterocycles. The van der Waals surface area contributed by atoms with Crippen LogP contribution in [0.5, 0.6) is 0 Å². The number of amides is 1. The molecule has 6 heteroatoms. The van der Waals surface area contributed by atoms with E-state index >= 15 is 0 Å². The number of aromatic nitrogens is 1. The number of fused-ring (bicyclic) bond motifs is 1. The topological polar surface area (TPSA) is 77.8 Å². The molecular weight excluding hydrogens is 344 g/mol. The zero-order chi connectivity index (χ0) is 17.9. The molecule has 2 heterocycles. The van der Waals surface area contributed by atoms with Gasteiger partial charge in [0, 0.05) is 24.4 Å². The first-order valence-electron chi connectivity index (χ1n) is 8.99. The molecule has 1 amide bonds. The summed E-state index contributed by atoms with van der Waals surface area (Å²) in [5.74, 6) is -0.240.